The van der Waals surface area contributed by atoms with Gasteiger partial charge in [0.15, 0.2) is 0 Å². The highest BCUT2D eigenvalue weighted by atomic mass is 35.5. The molecule has 0 aliphatic heterocycles. The first-order valence-corrected chi connectivity index (χ1v) is 6.56. The lowest BCUT2D eigenvalue weighted by molar-refractivity contribution is -0.113. The number of halogens is 1. The van der Waals surface area contributed by atoms with E-state index in [-0.39, 0.29) is 21.4 Å². The average Bonchev–Trinajstić information content (AvgIpc) is 2.20. The Hall–Kier alpha value is -0.870. The van der Waals surface area contributed by atoms with Crippen molar-refractivity contribution in [3.8, 4) is 5.75 Å². The largest absolute Gasteiger partial charge is 0.506 e. The minimum atomic E-state index is -0.0911. The van der Waals surface area contributed by atoms with Gasteiger partial charge in [0.25, 0.3) is 0 Å². The Bertz CT molecular complexity index is 415. The van der Waals surface area contributed by atoms with Gasteiger partial charge in [0, 0.05) is 16.5 Å². The fourth-order valence-electron chi connectivity index (χ4n) is 1.07. The maximum Gasteiger partial charge on any atom is 0.234 e. The molecule has 0 aliphatic rings. The molecule has 1 amide bonds. The first-order chi connectivity index (χ1) is 7.78. The van der Waals surface area contributed by atoms with E-state index in [4.69, 9.17) is 11.6 Å². The van der Waals surface area contributed by atoms with Crippen LogP contribution in [0.3, 0.4) is 0 Å². The number of carbonyl (C=O) groups is 1. The molecule has 3 nitrogen and oxygen atoms in total. The molecule has 0 aliphatic carbocycles. The van der Waals surface area contributed by atoms with Gasteiger partial charge in [0.1, 0.15) is 5.75 Å². The molecule has 1 aromatic rings. The van der Waals surface area contributed by atoms with Crippen LogP contribution in [-0.2, 0) is 4.79 Å². The highest BCUT2D eigenvalue weighted by Gasteiger charge is 2.13. The molecule has 0 aromatic heterocycles. The van der Waals surface area contributed by atoms with Gasteiger partial charge in [0.2, 0.25) is 5.91 Å². The van der Waals surface area contributed by atoms with Crippen molar-refractivity contribution in [2.75, 3.05) is 11.1 Å². The second kappa shape index (κ2) is 5.65. The number of rotatable bonds is 3. The van der Waals surface area contributed by atoms with Crippen molar-refractivity contribution < 1.29 is 9.90 Å². The molecule has 0 heterocycles. The molecule has 94 valence electrons. The molecular weight excluding hydrogens is 258 g/mol. The molecular formula is C12H16ClNO2S. The van der Waals surface area contributed by atoms with Gasteiger partial charge in [-0.25, -0.2) is 0 Å². The summed E-state index contributed by atoms with van der Waals surface area (Å²) in [5.41, 5.74) is 0.548. The Kier molecular flexibility index (Phi) is 4.71. The zero-order valence-corrected chi connectivity index (χ0v) is 11.7. The monoisotopic (exact) mass is 273 g/mol. The Morgan fingerprint density at radius 1 is 1.47 bits per heavy atom. The number of nitrogens with one attached hydrogen (secondary N) is 1. The first kappa shape index (κ1) is 14.2. The number of aromatic hydroxyl groups is 1. The predicted octanol–water partition coefficient (Wildman–Crippen LogP) is 3.52. The van der Waals surface area contributed by atoms with Crippen molar-refractivity contribution in [2.45, 2.75) is 25.5 Å². The molecule has 0 saturated carbocycles. The van der Waals surface area contributed by atoms with Gasteiger partial charge in [-0.2, -0.15) is 0 Å². The van der Waals surface area contributed by atoms with Crippen LogP contribution in [0.5, 0.6) is 5.75 Å². The number of carbonyl (C=O) groups excluding carboxylic acids is 1. The van der Waals surface area contributed by atoms with Crippen LogP contribution in [-0.4, -0.2) is 21.5 Å². The number of phenols is 1. The molecule has 17 heavy (non-hydrogen) atoms. The molecule has 1 aromatic carbocycles. The van der Waals surface area contributed by atoms with Crippen LogP contribution in [0, 0.1) is 0 Å². The number of hydrogen-bond donors (Lipinski definition) is 2. The molecule has 1 rings (SSSR count). The van der Waals surface area contributed by atoms with E-state index in [0.29, 0.717) is 11.4 Å². The summed E-state index contributed by atoms with van der Waals surface area (Å²) in [4.78, 5) is 11.6. The van der Waals surface area contributed by atoms with Crippen LogP contribution in [0.2, 0.25) is 5.02 Å². The van der Waals surface area contributed by atoms with E-state index in [1.165, 1.54) is 6.07 Å². The van der Waals surface area contributed by atoms with Gasteiger partial charge < -0.3 is 10.4 Å². The van der Waals surface area contributed by atoms with E-state index in [0.717, 1.165) is 0 Å². The molecule has 0 spiro atoms. The fourth-order valence-corrected chi connectivity index (χ4v) is 1.82. The highest BCUT2D eigenvalue weighted by Crippen LogP contribution is 2.27. The van der Waals surface area contributed by atoms with E-state index in [9.17, 15) is 9.90 Å². The van der Waals surface area contributed by atoms with Crippen molar-refractivity contribution in [2.24, 2.45) is 0 Å². The quantitative estimate of drug-likeness (QED) is 0.886. The number of amides is 1. The lowest BCUT2D eigenvalue weighted by Crippen LogP contribution is -2.18. The van der Waals surface area contributed by atoms with Crippen LogP contribution in [0.1, 0.15) is 20.8 Å². The lowest BCUT2D eigenvalue weighted by Gasteiger charge is -2.17. The first-order valence-electron chi connectivity index (χ1n) is 5.20. The standard InChI is InChI=1S/C12H16ClNO2S/c1-12(2,3)17-7-11(16)14-8-4-5-9(13)10(15)6-8/h4-6,15H,7H2,1-3H3,(H,14,16). The zero-order chi connectivity index (χ0) is 13.1. The van der Waals surface area contributed by atoms with Gasteiger partial charge in [0.05, 0.1) is 10.8 Å². The Balaban J connectivity index is 2.54. The van der Waals surface area contributed by atoms with Crippen molar-refractivity contribution >= 4 is 35.0 Å². The third kappa shape index (κ3) is 5.33. The molecule has 0 radical (unpaired) electrons. The Labute approximate surface area is 111 Å². The van der Waals surface area contributed by atoms with Gasteiger partial charge in [-0.15, -0.1) is 11.8 Å². The van der Waals surface area contributed by atoms with Crippen molar-refractivity contribution in [1.82, 2.24) is 0 Å². The molecule has 0 saturated heterocycles. The highest BCUT2D eigenvalue weighted by molar-refractivity contribution is 8.01. The van der Waals surface area contributed by atoms with E-state index >= 15 is 0 Å². The SMILES string of the molecule is CC(C)(C)SCC(=O)Nc1ccc(Cl)c(O)c1. The second-order valence-corrected chi connectivity index (χ2v) is 6.82. The van der Waals surface area contributed by atoms with Gasteiger partial charge >= 0.3 is 0 Å². The fraction of sp³-hybridized carbons (Fsp3) is 0.417. The Morgan fingerprint density at radius 2 is 2.12 bits per heavy atom. The average molecular weight is 274 g/mol. The third-order valence-electron chi connectivity index (χ3n) is 1.87. The van der Waals surface area contributed by atoms with Gasteiger partial charge in [-0.3, -0.25) is 4.79 Å². The van der Waals surface area contributed by atoms with Crippen LogP contribution in [0.15, 0.2) is 18.2 Å². The summed E-state index contributed by atoms with van der Waals surface area (Å²) in [6.45, 7) is 6.16. The van der Waals surface area contributed by atoms with E-state index in [2.05, 4.69) is 26.1 Å². The van der Waals surface area contributed by atoms with Crippen molar-refractivity contribution in [3.05, 3.63) is 23.2 Å². The maximum absolute atomic E-state index is 11.6. The summed E-state index contributed by atoms with van der Waals surface area (Å²) in [5, 5.41) is 12.4. The molecule has 0 unspecified atom stereocenters. The number of anilines is 1. The zero-order valence-electron chi connectivity index (χ0n) is 10.1. The summed E-state index contributed by atoms with van der Waals surface area (Å²) in [6, 6.07) is 4.63. The van der Waals surface area contributed by atoms with E-state index in [1.54, 1.807) is 23.9 Å². The second-order valence-electron chi connectivity index (χ2n) is 4.62. The molecule has 0 fully saturated rings. The number of hydrogen-bond acceptors (Lipinski definition) is 3. The van der Waals surface area contributed by atoms with Crippen LogP contribution < -0.4 is 5.32 Å². The Morgan fingerprint density at radius 3 is 2.65 bits per heavy atom. The van der Waals surface area contributed by atoms with Crippen molar-refractivity contribution in [1.29, 1.82) is 0 Å². The molecule has 5 heteroatoms. The topological polar surface area (TPSA) is 49.3 Å². The summed E-state index contributed by atoms with van der Waals surface area (Å²) in [7, 11) is 0. The number of thioether (sulfide) groups is 1. The predicted molar refractivity (Wildman–Crippen MR) is 74.0 cm³/mol. The van der Waals surface area contributed by atoms with Crippen LogP contribution >= 0.6 is 23.4 Å². The van der Waals surface area contributed by atoms with Crippen molar-refractivity contribution in [3.63, 3.8) is 0 Å². The smallest absolute Gasteiger partial charge is 0.234 e. The summed E-state index contributed by atoms with van der Waals surface area (Å²) >= 11 is 7.24. The number of phenolic OH excluding ortho intramolecular Hbond substituents is 1. The lowest BCUT2D eigenvalue weighted by atomic mass is 10.3. The van der Waals surface area contributed by atoms with Gasteiger partial charge in [-0.1, -0.05) is 32.4 Å². The van der Waals surface area contributed by atoms with E-state index in [1.807, 2.05) is 0 Å². The van der Waals surface area contributed by atoms with Crippen LogP contribution in [0.25, 0.3) is 0 Å². The minimum absolute atomic E-state index is 0.0343. The van der Waals surface area contributed by atoms with Gasteiger partial charge in [-0.05, 0) is 12.1 Å². The van der Waals surface area contributed by atoms with Crippen LogP contribution in [0.4, 0.5) is 5.69 Å². The minimum Gasteiger partial charge on any atom is -0.506 e. The molecule has 0 bridgehead atoms. The maximum atomic E-state index is 11.6. The number of benzene rings is 1. The molecule has 0 atom stereocenters. The molecule has 2 N–H and O–H groups in total. The third-order valence-corrected chi connectivity index (χ3v) is 3.46. The summed E-state index contributed by atoms with van der Waals surface area (Å²) < 4.78 is 0.0550. The summed E-state index contributed by atoms with van der Waals surface area (Å²) in [6.07, 6.45) is 0. The summed E-state index contributed by atoms with van der Waals surface area (Å²) in [5.74, 6) is 0.256. The van der Waals surface area contributed by atoms with E-state index < -0.39 is 0 Å². The normalized spacial score (nSPS) is 11.3.